The molecule has 78 valence electrons. The van der Waals surface area contributed by atoms with E-state index in [4.69, 9.17) is 0 Å². The Labute approximate surface area is 79.6 Å². The Morgan fingerprint density at radius 2 is 1.79 bits per heavy atom. The molecule has 0 spiro atoms. The van der Waals surface area contributed by atoms with E-state index < -0.39 is 12.7 Å². The van der Waals surface area contributed by atoms with Crippen LogP contribution in [0, 0.1) is 0 Å². The highest BCUT2D eigenvalue weighted by molar-refractivity contribution is 5.13. The molecule has 0 aromatic heterocycles. The van der Waals surface area contributed by atoms with Crippen LogP contribution in [0.1, 0.15) is 5.56 Å². The van der Waals surface area contributed by atoms with Crippen LogP contribution in [0.5, 0.6) is 0 Å². The molecule has 0 heterocycles. The van der Waals surface area contributed by atoms with Crippen molar-refractivity contribution in [2.75, 3.05) is 6.54 Å². The van der Waals surface area contributed by atoms with Gasteiger partial charge in [0.25, 0.3) is 0 Å². The monoisotopic (exact) mass is 205 g/mol. The van der Waals surface area contributed by atoms with Crippen molar-refractivity contribution in [3.05, 3.63) is 35.9 Å². The van der Waals surface area contributed by atoms with Crippen molar-refractivity contribution in [2.24, 2.45) is 0 Å². The lowest BCUT2D eigenvalue weighted by Crippen LogP contribution is -2.28. The molecule has 1 aromatic rings. The third-order valence-electron chi connectivity index (χ3n) is 1.46. The molecule has 0 saturated carbocycles. The number of nitrogens with one attached hydrogen (secondary N) is 1. The summed E-state index contributed by atoms with van der Waals surface area (Å²) in [6.07, 6.45) is -4.24. The number of hydroxylamine groups is 1. The van der Waals surface area contributed by atoms with Crippen LogP contribution in [0.2, 0.25) is 0 Å². The van der Waals surface area contributed by atoms with Crippen LogP contribution in [0.25, 0.3) is 0 Å². The van der Waals surface area contributed by atoms with Crippen LogP contribution in [-0.4, -0.2) is 12.7 Å². The maximum atomic E-state index is 11.6. The van der Waals surface area contributed by atoms with E-state index in [2.05, 4.69) is 4.84 Å². The molecule has 0 aliphatic heterocycles. The number of hydrogen-bond donors (Lipinski definition) is 1. The molecule has 2 nitrogen and oxygen atoms in total. The summed E-state index contributed by atoms with van der Waals surface area (Å²) in [6.45, 7) is -1.02. The summed E-state index contributed by atoms with van der Waals surface area (Å²) in [5.74, 6) is 0. The van der Waals surface area contributed by atoms with Crippen LogP contribution >= 0.6 is 0 Å². The average molecular weight is 205 g/mol. The van der Waals surface area contributed by atoms with Gasteiger partial charge in [-0.2, -0.15) is 18.7 Å². The van der Waals surface area contributed by atoms with E-state index in [1.165, 1.54) is 0 Å². The standard InChI is InChI=1S/C9H10F3NO/c10-9(11,12)7-13-14-6-8-4-2-1-3-5-8/h1-5,13H,6-7H2. The van der Waals surface area contributed by atoms with Crippen molar-refractivity contribution in [1.29, 1.82) is 0 Å². The molecular formula is C9H10F3NO. The topological polar surface area (TPSA) is 21.3 Å². The van der Waals surface area contributed by atoms with Crippen LogP contribution in [0.3, 0.4) is 0 Å². The maximum absolute atomic E-state index is 11.6. The Hall–Kier alpha value is -1.07. The van der Waals surface area contributed by atoms with E-state index in [-0.39, 0.29) is 6.61 Å². The van der Waals surface area contributed by atoms with Gasteiger partial charge in [-0.05, 0) is 5.56 Å². The van der Waals surface area contributed by atoms with Gasteiger partial charge >= 0.3 is 6.18 Å². The minimum atomic E-state index is -4.24. The van der Waals surface area contributed by atoms with Crippen LogP contribution in [0.4, 0.5) is 13.2 Å². The predicted molar refractivity (Wildman–Crippen MR) is 45.3 cm³/mol. The molecule has 0 aliphatic rings. The second-order valence-electron chi connectivity index (χ2n) is 2.71. The van der Waals surface area contributed by atoms with E-state index >= 15 is 0 Å². The van der Waals surface area contributed by atoms with E-state index in [0.717, 1.165) is 5.56 Å². The summed E-state index contributed by atoms with van der Waals surface area (Å²) in [4.78, 5) is 4.63. The Kier molecular flexibility index (Phi) is 3.91. The van der Waals surface area contributed by atoms with Gasteiger partial charge in [0, 0.05) is 0 Å². The minimum Gasteiger partial charge on any atom is -0.297 e. The highest BCUT2D eigenvalue weighted by Gasteiger charge is 2.26. The fourth-order valence-corrected chi connectivity index (χ4v) is 0.841. The summed E-state index contributed by atoms with van der Waals surface area (Å²) in [5, 5.41) is 0. The van der Waals surface area contributed by atoms with E-state index in [0.29, 0.717) is 0 Å². The lowest BCUT2D eigenvalue weighted by Gasteiger charge is -2.08. The minimum absolute atomic E-state index is 0.122. The van der Waals surface area contributed by atoms with Crippen molar-refractivity contribution in [2.45, 2.75) is 12.8 Å². The number of halogens is 3. The summed E-state index contributed by atoms with van der Waals surface area (Å²) in [5.41, 5.74) is 2.67. The van der Waals surface area contributed by atoms with Crippen molar-refractivity contribution < 1.29 is 18.0 Å². The molecular weight excluding hydrogens is 195 g/mol. The van der Waals surface area contributed by atoms with Gasteiger partial charge in [-0.3, -0.25) is 4.84 Å². The van der Waals surface area contributed by atoms with E-state index in [1.807, 2.05) is 11.5 Å². The number of alkyl halides is 3. The number of benzene rings is 1. The third kappa shape index (κ3) is 4.84. The van der Waals surface area contributed by atoms with Crippen molar-refractivity contribution >= 4 is 0 Å². The largest absolute Gasteiger partial charge is 0.403 e. The summed E-state index contributed by atoms with van der Waals surface area (Å²) in [6, 6.07) is 8.96. The molecule has 1 N–H and O–H groups in total. The van der Waals surface area contributed by atoms with Crippen LogP contribution < -0.4 is 5.48 Å². The first-order valence-corrected chi connectivity index (χ1v) is 4.03. The molecule has 0 amide bonds. The molecule has 0 aliphatic carbocycles. The zero-order valence-electron chi connectivity index (χ0n) is 7.34. The normalized spacial score (nSPS) is 11.6. The smallest absolute Gasteiger partial charge is 0.297 e. The lowest BCUT2D eigenvalue weighted by atomic mass is 10.2. The highest BCUT2D eigenvalue weighted by Crippen LogP contribution is 2.12. The van der Waals surface area contributed by atoms with Crippen molar-refractivity contribution in [1.82, 2.24) is 5.48 Å². The van der Waals surface area contributed by atoms with Gasteiger partial charge < -0.3 is 0 Å². The summed E-state index contributed by atoms with van der Waals surface area (Å²) >= 11 is 0. The third-order valence-corrected chi connectivity index (χ3v) is 1.46. The van der Waals surface area contributed by atoms with Gasteiger partial charge in [0.2, 0.25) is 0 Å². The first kappa shape index (κ1) is 11.0. The SMILES string of the molecule is FC(F)(F)CNOCc1ccccc1. The van der Waals surface area contributed by atoms with Crippen molar-refractivity contribution in [3.8, 4) is 0 Å². The maximum Gasteiger partial charge on any atom is 0.403 e. The second-order valence-corrected chi connectivity index (χ2v) is 2.71. The van der Waals surface area contributed by atoms with Gasteiger partial charge in [-0.15, -0.1) is 0 Å². The molecule has 0 radical (unpaired) electrons. The fourth-order valence-electron chi connectivity index (χ4n) is 0.841. The molecule has 5 heteroatoms. The van der Waals surface area contributed by atoms with Crippen LogP contribution in [0.15, 0.2) is 30.3 Å². The highest BCUT2D eigenvalue weighted by atomic mass is 19.4. The molecule has 0 bridgehead atoms. The Morgan fingerprint density at radius 3 is 2.36 bits per heavy atom. The predicted octanol–water partition coefficient (Wildman–Crippen LogP) is 2.27. The first-order chi connectivity index (χ1) is 6.58. The molecule has 1 aromatic carbocycles. The van der Waals surface area contributed by atoms with Gasteiger partial charge in [0.1, 0.15) is 6.54 Å². The molecule has 1 rings (SSSR count). The summed E-state index contributed by atoms with van der Waals surface area (Å²) < 4.78 is 34.9. The quantitative estimate of drug-likeness (QED) is 0.601. The zero-order valence-corrected chi connectivity index (χ0v) is 7.34. The second kappa shape index (κ2) is 4.97. The van der Waals surface area contributed by atoms with Gasteiger partial charge in [-0.1, -0.05) is 30.3 Å². The van der Waals surface area contributed by atoms with Gasteiger partial charge in [0.15, 0.2) is 0 Å². The molecule has 0 unspecified atom stereocenters. The first-order valence-electron chi connectivity index (χ1n) is 4.03. The van der Waals surface area contributed by atoms with Crippen LogP contribution in [-0.2, 0) is 11.4 Å². The van der Waals surface area contributed by atoms with Crippen molar-refractivity contribution in [3.63, 3.8) is 0 Å². The van der Waals surface area contributed by atoms with Gasteiger partial charge in [0.05, 0.1) is 6.61 Å². The molecule has 14 heavy (non-hydrogen) atoms. The number of hydrogen-bond acceptors (Lipinski definition) is 2. The van der Waals surface area contributed by atoms with E-state index in [1.54, 1.807) is 24.3 Å². The zero-order chi connectivity index (χ0) is 10.4. The number of rotatable bonds is 4. The molecule has 0 fully saturated rings. The summed E-state index contributed by atoms with van der Waals surface area (Å²) in [7, 11) is 0. The Balaban J connectivity index is 2.17. The Bertz CT molecular complexity index is 261. The molecule has 0 saturated heterocycles. The molecule has 0 atom stereocenters. The average Bonchev–Trinajstić information content (AvgIpc) is 2.13. The van der Waals surface area contributed by atoms with E-state index in [9.17, 15) is 13.2 Å². The lowest BCUT2D eigenvalue weighted by molar-refractivity contribution is -0.151. The fraction of sp³-hybridized carbons (Fsp3) is 0.333. The Morgan fingerprint density at radius 1 is 1.14 bits per heavy atom. The van der Waals surface area contributed by atoms with Gasteiger partial charge in [-0.25, -0.2) is 0 Å².